The van der Waals surface area contributed by atoms with Crippen molar-refractivity contribution in [2.75, 3.05) is 20.2 Å². The maximum atomic E-state index is 12.2. The van der Waals surface area contributed by atoms with E-state index in [2.05, 4.69) is 15.4 Å². The van der Waals surface area contributed by atoms with Crippen LogP contribution in [0.4, 0.5) is 0 Å². The summed E-state index contributed by atoms with van der Waals surface area (Å²) < 4.78 is 4.66. The molecule has 0 fully saturated rings. The first-order valence-corrected chi connectivity index (χ1v) is 10.5. The normalized spacial score (nSPS) is 16.6. The molecular weight excluding hydrogens is 444 g/mol. The number of aliphatic carboxylic acids is 1. The van der Waals surface area contributed by atoms with Gasteiger partial charge in [0.2, 0.25) is 5.91 Å². The molecule has 14 nitrogen and oxygen atoms in total. The van der Waals surface area contributed by atoms with E-state index in [1.165, 1.54) is 7.11 Å². The number of methoxy groups -OCH3 is 1. The van der Waals surface area contributed by atoms with Crippen molar-refractivity contribution < 1.29 is 49.4 Å². The number of aliphatic hydroxyl groups is 4. The fourth-order valence-corrected chi connectivity index (χ4v) is 2.75. The quantitative estimate of drug-likeness (QED) is 0.0742. The van der Waals surface area contributed by atoms with Gasteiger partial charge in [-0.25, -0.2) is 9.59 Å². The van der Waals surface area contributed by atoms with Gasteiger partial charge < -0.3 is 46.6 Å². The second kappa shape index (κ2) is 16.3. The lowest BCUT2D eigenvalue weighted by molar-refractivity contribution is -0.166. The molecule has 0 aliphatic heterocycles. The van der Waals surface area contributed by atoms with Gasteiger partial charge >= 0.3 is 11.9 Å². The van der Waals surface area contributed by atoms with E-state index in [0.29, 0.717) is 32.1 Å². The van der Waals surface area contributed by atoms with Crippen LogP contribution in [-0.2, 0) is 23.9 Å². The average molecular weight is 480 g/mol. The summed E-state index contributed by atoms with van der Waals surface area (Å²) in [4.78, 5) is 46.4. The van der Waals surface area contributed by atoms with Crippen LogP contribution in [0, 0.1) is 0 Å². The number of unbranched alkanes of at least 4 members (excludes halogenated alkanes) is 2. The number of hydrogen-bond acceptors (Lipinski definition) is 10. The van der Waals surface area contributed by atoms with Crippen molar-refractivity contribution in [3.63, 3.8) is 0 Å². The Balaban J connectivity index is 4.36. The monoisotopic (exact) mass is 479 g/mol. The molecule has 0 aromatic carbocycles. The molecule has 0 aliphatic carbocycles. The number of nitrogens with two attached hydrogens (primary N) is 1. The van der Waals surface area contributed by atoms with Gasteiger partial charge in [0.25, 0.3) is 5.91 Å². The zero-order valence-electron chi connectivity index (χ0n) is 18.5. The topological polar surface area (TPSA) is 253 Å². The van der Waals surface area contributed by atoms with E-state index in [0.717, 1.165) is 0 Å². The number of aliphatic hydroxyl groups excluding tert-OH is 4. The van der Waals surface area contributed by atoms with Crippen LogP contribution >= 0.6 is 0 Å². The average Bonchev–Trinajstić information content (AvgIpc) is 2.80. The summed E-state index contributed by atoms with van der Waals surface area (Å²) in [5, 5.41) is 51.3. The number of esters is 1. The molecule has 191 valence electrons. The third-order valence-corrected chi connectivity index (χ3v) is 4.82. The SMILES string of the molecule is COC(=O)C(CCCC[NH])NC(=O)[C@@H](N)CCCCNC(=O)[C@@H](O)[C@H](O)[C@H](O)[C@@H](O)C(=O)O. The molecule has 10 N–H and O–H groups in total. The molecule has 2 amide bonds. The highest BCUT2D eigenvalue weighted by Gasteiger charge is 2.37. The number of ether oxygens (including phenoxy) is 1. The summed E-state index contributed by atoms with van der Waals surface area (Å²) in [6, 6.07) is -1.79. The third-order valence-electron chi connectivity index (χ3n) is 4.82. The number of hydrogen-bond donors (Lipinski definition) is 8. The first-order chi connectivity index (χ1) is 15.5. The minimum atomic E-state index is -2.38. The van der Waals surface area contributed by atoms with Crippen LogP contribution in [0.15, 0.2) is 0 Å². The Kier molecular flexibility index (Phi) is 15.1. The van der Waals surface area contributed by atoms with Crippen molar-refractivity contribution in [1.82, 2.24) is 16.4 Å². The molecule has 6 atom stereocenters. The van der Waals surface area contributed by atoms with E-state index in [1.54, 1.807) is 0 Å². The minimum Gasteiger partial charge on any atom is -0.479 e. The molecule has 1 unspecified atom stereocenters. The van der Waals surface area contributed by atoms with Crippen LogP contribution < -0.4 is 22.1 Å². The van der Waals surface area contributed by atoms with Gasteiger partial charge in [0.15, 0.2) is 12.2 Å². The van der Waals surface area contributed by atoms with Crippen LogP contribution in [0.5, 0.6) is 0 Å². The van der Waals surface area contributed by atoms with Crippen LogP contribution in [0.25, 0.3) is 0 Å². The molecule has 0 rings (SSSR count). The number of carboxylic acids is 1. The van der Waals surface area contributed by atoms with Crippen LogP contribution in [-0.4, -0.2) is 106 Å². The Morgan fingerprint density at radius 3 is 2.03 bits per heavy atom. The number of rotatable bonds is 17. The molecule has 0 saturated carbocycles. The standard InChI is InChI=1S/C19H35N4O10/c1-33-19(32)11(7-2-4-8-20)23-16(28)10(21)6-3-5-9-22-17(29)14(26)12(24)13(25)15(27)18(30)31/h10-15,20,24-27H,2-9,21H2,1H3,(H,22,29)(H,23,28)(H,30,31)/t10-,11?,12+,13-,14-,15+/m0/s1. The highest BCUT2D eigenvalue weighted by molar-refractivity contribution is 5.87. The van der Waals surface area contributed by atoms with E-state index in [-0.39, 0.29) is 19.5 Å². The largest absolute Gasteiger partial charge is 0.479 e. The van der Waals surface area contributed by atoms with E-state index >= 15 is 0 Å². The zero-order chi connectivity index (χ0) is 25.6. The second-order valence-corrected chi connectivity index (χ2v) is 7.43. The molecule has 0 spiro atoms. The van der Waals surface area contributed by atoms with Crippen molar-refractivity contribution in [2.45, 2.75) is 75.0 Å². The van der Waals surface area contributed by atoms with Gasteiger partial charge in [-0.05, 0) is 38.5 Å². The number of carboxylic acid groups (broad SMARTS) is 1. The molecule has 0 bridgehead atoms. The van der Waals surface area contributed by atoms with Gasteiger partial charge in [-0.1, -0.05) is 0 Å². The predicted octanol–water partition coefficient (Wildman–Crippen LogP) is -3.76. The Morgan fingerprint density at radius 2 is 1.48 bits per heavy atom. The Hall–Kier alpha value is -2.36. The summed E-state index contributed by atoms with van der Waals surface area (Å²) in [5.41, 5.74) is 12.9. The van der Waals surface area contributed by atoms with Crippen molar-refractivity contribution in [1.29, 1.82) is 0 Å². The maximum absolute atomic E-state index is 12.2. The van der Waals surface area contributed by atoms with Gasteiger partial charge in [-0.2, -0.15) is 0 Å². The van der Waals surface area contributed by atoms with E-state index < -0.39 is 60.3 Å². The summed E-state index contributed by atoms with van der Waals surface area (Å²) in [7, 11) is 1.20. The fourth-order valence-electron chi connectivity index (χ4n) is 2.75. The lowest BCUT2D eigenvalue weighted by atomic mass is 10.0. The van der Waals surface area contributed by atoms with Crippen molar-refractivity contribution in [3.05, 3.63) is 0 Å². The second-order valence-electron chi connectivity index (χ2n) is 7.43. The van der Waals surface area contributed by atoms with Crippen LogP contribution in [0.3, 0.4) is 0 Å². The first-order valence-electron chi connectivity index (χ1n) is 10.5. The lowest BCUT2D eigenvalue weighted by Gasteiger charge is -2.24. The Morgan fingerprint density at radius 1 is 0.909 bits per heavy atom. The van der Waals surface area contributed by atoms with Crippen molar-refractivity contribution >= 4 is 23.8 Å². The molecule has 0 saturated heterocycles. The molecule has 1 radical (unpaired) electrons. The van der Waals surface area contributed by atoms with Gasteiger partial charge in [0, 0.05) is 13.1 Å². The van der Waals surface area contributed by atoms with E-state index in [4.69, 9.17) is 21.7 Å². The number of carbonyl (C=O) groups is 4. The van der Waals surface area contributed by atoms with Gasteiger partial charge in [0.05, 0.1) is 13.2 Å². The maximum Gasteiger partial charge on any atom is 0.335 e. The number of amides is 2. The number of carbonyl (C=O) groups excluding carboxylic acids is 3. The molecule has 33 heavy (non-hydrogen) atoms. The molecule has 0 aromatic rings. The summed E-state index contributed by atoms with van der Waals surface area (Å²) in [5.74, 6) is -4.08. The predicted molar refractivity (Wildman–Crippen MR) is 112 cm³/mol. The molecule has 0 heterocycles. The fraction of sp³-hybridized carbons (Fsp3) is 0.789. The summed E-state index contributed by atoms with van der Waals surface area (Å²) >= 11 is 0. The van der Waals surface area contributed by atoms with Crippen molar-refractivity contribution in [3.8, 4) is 0 Å². The summed E-state index contributed by atoms with van der Waals surface area (Å²) in [6.07, 6.45) is -6.66. The smallest absolute Gasteiger partial charge is 0.335 e. The van der Waals surface area contributed by atoms with Crippen LogP contribution in [0.2, 0.25) is 0 Å². The Labute approximate surface area is 191 Å². The molecule has 0 aromatic heterocycles. The highest BCUT2D eigenvalue weighted by atomic mass is 16.5. The number of nitrogens with one attached hydrogen (secondary N) is 3. The summed E-state index contributed by atoms with van der Waals surface area (Å²) in [6.45, 7) is 0.227. The molecule has 14 heteroatoms. The molecule has 0 aliphatic rings. The van der Waals surface area contributed by atoms with E-state index in [1.807, 2.05) is 0 Å². The van der Waals surface area contributed by atoms with Gasteiger partial charge in [-0.15, -0.1) is 0 Å². The zero-order valence-corrected chi connectivity index (χ0v) is 18.5. The lowest BCUT2D eigenvalue weighted by Crippen LogP contribution is -2.52. The van der Waals surface area contributed by atoms with Gasteiger partial charge in [0.1, 0.15) is 18.2 Å². The minimum absolute atomic E-state index is 0.0203. The van der Waals surface area contributed by atoms with Gasteiger partial charge in [-0.3, -0.25) is 15.3 Å². The van der Waals surface area contributed by atoms with Crippen LogP contribution in [0.1, 0.15) is 38.5 Å². The molecular formula is C19H35N4O10. The Bertz CT molecular complexity index is 636. The van der Waals surface area contributed by atoms with E-state index in [9.17, 15) is 34.5 Å². The van der Waals surface area contributed by atoms with Crippen molar-refractivity contribution in [2.24, 2.45) is 5.73 Å². The first kappa shape index (κ1) is 30.6. The highest BCUT2D eigenvalue weighted by Crippen LogP contribution is 2.07. The third kappa shape index (κ3) is 11.4.